The van der Waals surface area contributed by atoms with Gasteiger partial charge >= 0.3 is 0 Å². The van der Waals surface area contributed by atoms with Crippen molar-refractivity contribution in [3.05, 3.63) is 254 Å². The first-order chi connectivity index (χ1) is 29.8. The van der Waals surface area contributed by atoms with E-state index in [4.69, 9.17) is 0 Å². The second-order valence-electron chi connectivity index (χ2n) is 16.9. The Balaban J connectivity index is 1.35. The first-order valence-electron chi connectivity index (χ1n) is 21.5. The van der Waals surface area contributed by atoms with Gasteiger partial charge < -0.3 is 10.6 Å². The smallest absolute Gasteiger partial charge is 0.270 e. The fourth-order valence-corrected chi connectivity index (χ4v) is 9.71. The summed E-state index contributed by atoms with van der Waals surface area (Å²) < 4.78 is 0. The van der Waals surface area contributed by atoms with Gasteiger partial charge in [-0.05, 0) is 78.2 Å². The van der Waals surface area contributed by atoms with Crippen LogP contribution in [0.3, 0.4) is 0 Å². The van der Waals surface area contributed by atoms with E-state index >= 15 is 0 Å². The molecular formula is C56H51N3O2. The van der Waals surface area contributed by atoms with Crippen molar-refractivity contribution in [2.24, 2.45) is 0 Å². The molecule has 2 unspecified atom stereocenters. The third kappa shape index (κ3) is 7.57. The molecule has 5 heteroatoms. The molecule has 5 nitrogen and oxygen atoms in total. The molecule has 0 bridgehead atoms. The quantitative estimate of drug-likeness (QED) is 0.0693. The van der Waals surface area contributed by atoms with Crippen LogP contribution in [0.5, 0.6) is 0 Å². The van der Waals surface area contributed by atoms with E-state index < -0.39 is 0 Å². The Labute approximate surface area is 359 Å². The number of hydrogen-bond donors (Lipinski definition) is 2. The van der Waals surface area contributed by atoms with Gasteiger partial charge in [-0.1, -0.05) is 204 Å². The molecule has 0 spiro atoms. The van der Waals surface area contributed by atoms with Crippen molar-refractivity contribution in [2.75, 3.05) is 10.6 Å². The molecule has 302 valence electrons. The summed E-state index contributed by atoms with van der Waals surface area (Å²) in [4.78, 5) is 13.0. The van der Waals surface area contributed by atoms with E-state index in [0.29, 0.717) is 11.8 Å². The SMILES string of the molecule is CC(C)c1cccc(C(C)C)c1NC1c2cccc3cccc(c23)C1Nc1c(C(c2ccccc2)c2ccccc2)cc([N+](=O)[O-])cc1C(c1ccccc1)c1ccccc1. The lowest BCUT2D eigenvalue weighted by Gasteiger charge is -2.33. The molecule has 8 aromatic carbocycles. The summed E-state index contributed by atoms with van der Waals surface area (Å²) in [5.74, 6) is -0.0444. The Morgan fingerprint density at radius 1 is 0.443 bits per heavy atom. The van der Waals surface area contributed by atoms with E-state index in [2.05, 4.69) is 190 Å². The van der Waals surface area contributed by atoms with Crippen molar-refractivity contribution in [2.45, 2.75) is 63.5 Å². The van der Waals surface area contributed by atoms with E-state index in [-0.39, 0.29) is 34.5 Å². The summed E-state index contributed by atoms with van der Waals surface area (Å²) in [6.07, 6.45) is 0. The highest BCUT2D eigenvalue weighted by Crippen LogP contribution is 2.52. The van der Waals surface area contributed by atoms with Crippen LogP contribution in [0.25, 0.3) is 10.8 Å². The molecule has 0 amide bonds. The number of para-hydroxylation sites is 1. The van der Waals surface area contributed by atoms with Gasteiger partial charge in [-0.15, -0.1) is 0 Å². The van der Waals surface area contributed by atoms with Gasteiger partial charge in [-0.2, -0.15) is 0 Å². The van der Waals surface area contributed by atoms with E-state index in [1.165, 1.54) is 38.7 Å². The summed E-state index contributed by atoms with van der Waals surface area (Å²) in [5.41, 5.74) is 13.0. The molecule has 0 saturated carbocycles. The van der Waals surface area contributed by atoms with Crippen molar-refractivity contribution in [1.82, 2.24) is 0 Å². The second kappa shape index (κ2) is 16.9. The van der Waals surface area contributed by atoms with Crippen molar-refractivity contribution < 1.29 is 4.92 Å². The van der Waals surface area contributed by atoms with Crippen LogP contribution < -0.4 is 10.6 Å². The Kier molecular flexibility index (Phi) is 11.0. The van der Waals surface area contributed by atoms with Gasteiger partial charge in [-0.3, -0.25) is 10.1 Å². The summed E-state index contributed by atoms with van der Waals surface area (Å²) in [5, 5.41) is 24.1. The van der Waals surface area contributed by atoms with Crippen LogP contribution in [-0.2, 0) is 0 Å². The zero-order valence-corrected chi connectivity index (χ0v) is 35.1. The predicted molar refractivity (Wildman–Crippen MR) is 252 cm³/mol. The van der Waals surface area contributed by atoms with Crippen LogP contribution in [0.15, 0.2) is 188 Å². The fraction of sp³-hybridized carbons (Fsp3) is 0.179. The molecular weight excluding hydrogens is 747 g/mol. The standard InChI is InChI=1S/C56H51N3O2/c1-36(2)44-30-19-31-45(37(3)4)53(44)57-55-46-32-17-28-42-29-18-33-47(52(42)46)56(55)58-54-48(50(38-20-9-5-10-21-38)39-22-11-6-12-23-39)34-43(59(60)61)35-49(54)51(40-24-13-7-14-25-40)41-26-15-8-16-27-41/h5-37,50-51,55-58H,1-4H3. The Hall–Kier alpha value is -6.98. The van der Waals surface area contributed by atoms with Crippen LogP contribution in [0.1, 0.15) is 119 Å². The first kappa shape index (κ1) is 39.5. The van der Waals surface area contributed by atoms with Gasteiger partial charge in [0.2, 0.25) is 0 Å². The summed E-state index contributed by atoms with van der Waals surface area (Å²) in [7, 11) is 0. The van der Waals surface area contributed by atoms with Gasteiger partial charge in [0.15, 0.2) is 0 Å². The molecule has 0 aliphatic heterocycles. The third-order valence-electron chi connectivity index (χ3n) is 12.5. The molecule has 1 aliphatic carbocycles. The lowest BCUT2D eigenvalue weighted by molar-refractivity contribution is -0.385. The molecule has 0 radical (unpaired) electrons. The summed E-state index contributed by atoms with van der Waals surface area (Å²) >= 11 is 0. The molecule has 0 aromatic heterocycles. The monoisotopic (exact) mass is 797 g/mol. The Morgan fingerprint density at radius 3 is 1.13 bits per heavy atom. The van der Waals surface area contributed by atoms with Gasteiger partial charge in [0.05, 0.1) is 17.0 Å². The lowest BCUT2D eigenvalue weighted by atomic mass is 9.78. The zero-order valence-electron chi connectivity index (χ0n) is 35.1. The zero-order chi connectivity index (χ0) is 42.0. The number of nitrogens with one attached hydrogen (secondary N) is 2. The highest BCUT2D eigenvalue weighted by molar-refractivity contribution is 5.93. The van der Waals surface area contributed by atoms with Crippen LogP contribution in [0.4, 0.5) is 17.1 Å². The molecule has 9 rings (SSSR count). The van der Waals surface area contributed by atoms with Crippen molar-refractivity contribution in [3.63, 3.8) is 0 Å². The average molecular weight is 798 g/mol. The normalized spacial score (nSPS) is 14.6. The average Bonchev–Trinajstić information content (AvgIpc) is 3.58. The van der Waals surface area contributed by atoms with Crippen molar-refractivity contribution in [1.29, 1.82) is 0 Å². The van der Waals surface area contributed by atoms with Gasteiger partial charge in [0, 0.05) is 35.3 Å². The highest BCUT2D eigenvalue weighted by Gasteiger charge is 2.38. The van der Waals surface area contributed by atoms with Gasteiger partial charge in [0.1, 0.15) is 0 Å². The maximum atomic E-state index is 13.2. The van der Waals surface area contributed by atoms with E-state index in [1.807, 2.05) is 36.4 Å². The number of non-ortho nitro benzene ring substituents is 1. The van der Waals surface area contributed by atoms with Crippen LogP contribution in [0.2, 0.25) is 0 Å². The fourth-order valence-electron chi connectivity index (χ4n) is 9.71. The van der Waals surface area contributed by atoms with E-state index in [1.54, 1.807) is 0 Å². The second-order valence-corrected chi connectivity index (χ2v) is 16.9. The molecule has 0 fully saturated rings. The molecule has 8 aromatic rings. The summed E-state index contributed by atoms with van der Waals surface area (Å²) in [6, 6.07) is 64.8. The number of nitro benzene ring substituents is 1. The third-order valence-corrected chi connectivity index (χ3v) is 12.5. The molecule has 0 saturated heterocycles. The number of rotatable bonds is 13. The predicted octanol–water partition coefficient (Wildman–Crippen LogP) is 14.7. The minimum atomic E-state index is -0.323. The largest absolute Gasteiger partial charge is 0.375 e. The molecule has 2 atom stereocenters. The molecule has 61 heavy (non-hydrogen) atoms. The molecule has 0 heterocycles. The minimum absolute atomic E-state index is 0.0585. The minimum Gasteiger partial charge on any atom is -0.375 e. The number of hydrogen-bond acceptors (Lipinski definition) is 4. The van der Waals surface area contributed by atoms with Crippen LogP contribution in [-0.4, -0.2) is 4.92 Å². The maximum absolute atomic E-state index is 13.2. The topological polar surface area (TPSA) is 67.2 Å². The van der Waals surface area contributed by atoms with Crippen LogP contribution in [0, 0.1) is 10.1 Å². The summed E-state index contributed by atoms with van der Waals surface area (Å²) in [6.45, 7) is 9.06. The number of anilines is 2. The van der Waals surface area contributed by atoms with Crippen molar-refractivity contribution in [3.8, 4) is 0 Å². The van der Waals surface area contributed by atoms with Crippen LogP contribution >= 0.6 is 0 Å². The van der Waals surface area contributed by atoms with Gasteiger partial charge in [0.25, 0.3) is 5.69 Å². The maximum Gasteiger partial charge on any atom is 0.270 e. The van der Waals surface area contributed by atoms with Gasteiger partial charge in [-0.25, -0.2) is 0 Å². The first-order valence-corrected chi connectivity index (χ1v) is 21.5. The molecule has 2 N–H and O–H groups in total. The Morgan fingerprint density at radius 2 is 0.787 bits per heavy atom. The molecule has 1 aliphatic rings. The highest BCUT2D eigenvalue weighted by atomic mass is 16.6. The Bertz CT molecular complexity index is 2590. The van der Waals surface area contributed by atoms with E-state index in [0.717, 1.165) is 39.1 Å². The lowest BCUT2D eigenvalue weighted by Crippen LogP contribution is -2.25. The van der Waals surface area contributed by atoms with E-state index in [9.17, 15) is 10.1 Å². The number of nitro groups is 1. The van der Waals surface area contributed by atoms with Crippen molar-refractivity contribution >= 4 is 27.8 Å². The number of benzene rings is 8. The number of nitrogens with zero attached hydrogens (tertiary/aromatic N) is 1.